The van der Waals surface area contributed by atoms with Gasteiger partial charge in [0.2, 0.25) is 0 Å². The number of hydrogen-bond donors (Lipinski definition) is 2. The Kier molecular flexibility index (Phi) is 6.33. The number of hydrogen-bond acceptors (Lipinski definition) is 4. The average Bonchev–Trinajstić information content (AvgIpc) is 3.45. The molecule has 2 fully saturated rings. The van der Waals surface area contributed by atoms with E-state index in [4.69, 9.17) is 9.84 Å². The zero-order chi connectivity index (χ0) is 20.9. The van der Waals surface area contributed by atoms with Gasteiger partial charge in [0.1, 0.15) is 12.4 Å². The van der Waals surface area contributed by atoms with Gasteiger partial charge in [-0.25, -0.2) is 4.79 Å². The number of rotatable bonds is 7. The predicted octanol–water partition coefficient (Wildman–Crippen LogP) is 3.71. The van der Waals surface area contributed by atoms with E-state index < -0.39 is 5.97 Å². The molecule has 2 heterocycles. The Labute approximate surface area is 176 Å². The van der Waals surface area contributed by atoms with Gasteiger partial charge in [0.15, 0.2) is 0 Å². The van der Waals surface area contributed by atoms with Crippen molar-refractivity contribution in [3.63, 3.8) is 0 Å². The Balaban J connectivity index is 1.33. The van der Waals surface area contributed by atoms with Gasteiger partial charge in [0.05, 0.1) is 5.56 Å². The number of benzene rings is 2. The van der Waals surface area contributed by atoms with E-state index in [1.165, 1.54) is 12.8 Å². The molecule has 0 spiro atoms. The average molecular weight is 408 g/mol. The molecule has 0 aliphatic carbocycles. The van der Waals surface area contributed by atoms with Gasteiger partial charge >= 0.3 is 5.97 Å². The highest BCUT2D eigenvalue weighted by Gasteiger charge is 2.31. The number of carbonyl (C=O) groups excluding carboxylic acids is 1. The monoisotopic (exact) mass is 408 g/mol. The first-order valence-electron chi connectivity index (χ1n) is 10.7. The summed E-state index contributed by atoms with van der Waals surface area (Å²) < 4.78 is 5.78. The molecular formula is C24H28N2O4. The van der Waals surface area contributed by atoms with Gasteiger partial charge in [-0.15, -0.1) is 0 Å². The van der Waals surface area contributed by atoms with Crippen LogP contribution in [0.15, 0.2) is 48.5 Å². The molecule has 1 amide bonds. The minimum absolute atomic E-state index is 0.103. The topological polar surface area (TPSA) is 78.9 Å². The fourth-order valence-corrected chi connectivity index (χ4v) is 4.40. The Morgan fingerprint density at radius 3 is 2.40 bits per heavy atom. The molecule has 2 N–H and O–H groups in total. The lowest BCUT2D eigenvalue weighted by molar-refractivity contribution is 0.0694. The van der Waals surface area contributed by atoms with Crippen LogP contribution in [0.5, 0.6) is 5.75 Å². The second-order valence-corrected chi connectivity index (χ2v) is 8.14. The minimum atomic E-state index is -0.942. The maximum atomic E-state index is 13.0. The molecule has 2 aromatic rings. The quantitative estimate of drug-likeness (QED) is 0.730. The van der Waals surface area contributed by atoms with E-state index >= 15 is 0 Å². The Bertz CT molecular complexity index is 873. The van der Waals surface area contributed by atoms with Crippen LogP contribution in [0.4, 0.5) is 0 Å². The Hall–Kier alpha value is -2.86. The highest BCUT2D eigenvalue weighted by molar-refractivity contribution is 5.94. The van der Waals surface area contributed by atoms with Crippen LogP contribution in [0.25, 0.3) is 0 Å². The standard InChI is InChI=1S/C24H28N2O4/c27-23(26-14-2-4-21(26)15-20-3-1-13-25-20)18-9-11-22(12-10-18)30-16-17-5-7-19(8-6-17)24(28)29/h5-12,20-21,25H,1-4,13-16H2,(H,28,29)/t20?,21-/m0/s1. The van der Waals surface area contributed by atoms with Gasteiger partial charge in [-0.05, 0) is 80.6 Å². The first kappa shape index (κ1) is 20.4. The van der Waals surface area contributed by atoms with Crippen molar-refractivity contribution in [1.29, 1.82) is 0 Å². The van der Waals surface area contributed by atoms with Crippen LogP contribution < -0.4 is 10.1 Å². The summed E-state index contributed by atoms with van der Waals surface area (Å²) >= 11 is 0. The molecule has 2 aliphatic rings. The molecule has 6 nitrogen and oxygen atoms in total. The zero-order valence-corrected chi connectivity index (χ0v) is 17.0. The van der Waals surface area contributed by atoms with Crippen LogP contribution in [0.3, 0.4) is 0 Å². The second-order valence-electron chi connectivity index (χ2n) is 8.14. The van der Waals surface area contributed by atoms with Crippen molar-refractivity contribution in [2.45, 2.75) is 50.8 Å². The smallest absolute Gasteiger partial charge is 0.335 e. The van der Waals surface area contributed by atoms with E-state index in [-0.39, 0.29) is 11.5 Å². The molecule has 1 unspecified atom stereocenters. The number of likely N-dealkylation sites (tertiary alicyclic amines) is 1. The maximum absolute atomic E-state index is 13.0. The first-order valence-corrected chi connectivity index (χ1v) is 10.7. The van der Waals surface area contributed by atoms with Crippen molar-refractivity contribution in [2.75, 3.05) is 13.1 Å². The third kappa shape index (κ3) is 4.82. The van der Waals surface area contributed by atoms with Gasteiger partial charge < -0.3 is 20.1 Å². The second kappa shape index (κ2) is 9.30. The van der Waals surface area contributed by atoms with E-state index in [2.05, 4.69) is 5.32 Å². The Morgan fingerprint density at radius 2 is 1.73 bits per heavy atom. The molecule has 2 aromatic carbocycles. The summed E-state index contributed by atoms with van der Waals surface area (Å²) in [5.41, 5.74) is 1.84. The molecule has 0 bridgehead atoms. The highest BCUT2D eigenvalue weighted by Crippen LogP contribution is 2.26. The van der Waals surface area contributed by atoms with Crippen LogP contribution in [-0.2, 0) is 6.61 Å². The molecule has 158 valence electrons. The van der Waals surface area contributed by atoms with E-state index in [1.54, 1.807) is 24.3 Å². The fourth-order valence-electron chi connectivity index (χ4n) is 4.40. The largest absolute Gasteiger partial charge is 0.489 e. The number of amides is 1. The van der Waals surface area contributed by atoms with Crippen molar-refractivity contribution >= 4 is 11.9 Å². The van der Waals surface area contributed by atoms with E-state index in [0.717, 1.165) is 37.9 Å². The number of carbonyl (C=O) groups is 2. The van der Waals surface area contributed by atoms with Gasteiger partial charge in [-0.2, -0.15) is 0 Å². The molecule has 30 heavy (non-hydrogen) atoms. The normalized spacial score (nSPS) is 21.0. The summed E-state index contributed by atoms with van der Waals surface area (Å²) in [5.74, 6) is -0.157. The number of ether oxygens (including phenoxy) is 1. The molecule has 6 heteroatoms. The molecule has 0 radical (unpaired) electrons. The van der Waals surface area contributed by atoms with Crippen LogP contribution in [0.2, 0.25) is 0 Å². The molecule has 0 saturated carbocycles. The van der Waals surface area contributed by atoms with Crippen molar-refractivity contribution in [2.24, 2.45) is 0 Å². The molecule has 4 rings (SSSR count). The van der Waals surface area contributed by atoms with E-state index in [9.17, 15) is 9.59 Å². The third-order valence-electron chi connectivity index (χ3n) is 6.06. The summed E-state index contributed by atoms with van der Waals surface area (Å²) in [6, 6.07) is 14.8. The lowest BCUT2D eigenvalue weighted by atomic mass is 10.0. The van der Waals surface area contributed by atoms with Crippen LogP contribution in [0, 0.1) is 0 Å². The number of nitrogens with zero attached hydrogens (tertiary/aromatic N) is 1. The van der Waals surface area contributed by atoms with Gasteiger partial charge in [0.25, 0.3) is 5.91 Å². The van der Waals surface area contributed by atoms with Gasteiger partial charge in [-0.1, -0.05) is 12.1 Å². The lowest BCUT2D eigenvalue weighted by Crippen LogP contribution is -2.39. The van der Waals surface area contributed by atoms with Crippen LogP contribution in [-0.4, -0.2) is 47.1 Å². The number of carboxylic acids is 1. The summed E-state index contributed by atoms with van der Waals surface area (Å²) in [7, 11) is 0. The zero-order valence-electron chi connectivity index (χ0n) is 17.0. The molecule has 2 aliphatic heterocycles. The molecule has 2 atom stereocenters. The van der Waals surface area contributed by atoms with Crippen LogP contribution in [0.1, 0.15) is 58.4 Å². The number of nitrogens with one attached hydrogen (secondary N) is 1. The lowest BCUT2D eigenvalue weighted by Gasteiger charge is -2.27. The van der Waals surface area contributed by atoms with Gasteiger partial charge in [-0.3, -0.25) is 4.79 Å². The van der Waals surface area contributed by atoms with Crippen molar-refractivity contribution < 1.29 is 19.4 Å². The third-order valence-corrected chi connectivity index (χ3v) is 6.06. The summed E-state index contributed by atoms with van der Waals surface area (Å²) in [6.45, 7) is 2.27. The highest BCUT2D eigenvalue weighted by atomic mass is 16.5. The SMILES string of the molecule is O=C(O)c1ccc(COc2ccc(C(=O)N3CCC[C@H]3CC3CCCN3)cc2)cc1. The summed E-state index contributed by atoms with van der Waals surface area (Å²) in [5, 5.41) is 12.5. The molecule has 0 aromatic heterocycles. The first-order chi connectivity index (χ1) is 14.6. The maximum Gasteiger partial charge on any atom is 0.335 e. The number of carboxylic acid groups (broad SMARTS) is 1. The van der Waals surface area contributed by atoms with Crippen molar-refractivity contribution in [3.8, 4) is 5.75 Å². The molecule has 2 saturated heterocycles. The van der Waals surface area contributed by atoms with Crippen molar-refractivity contribution in [1.82, 2.24) is 10.2 Å². The van der Waals surface area contributed by atoms with E-state index in [1.807, 2.05) is 29.2 Å². The number of aromatic carboxylic acids is 1. The predicted molar refractivity (Wildman–Crippen MR) is 114 cm³/mol. The minimum Gasteiger partial charge on any atom is -0.489 e. The van der Waals surface area contributed by atoms with Gasteiger partial charge in [0, 0.05) is 24.2 Å². The molecular weight excluding hydrogens is 380 g/mol. The Morgan fingerprint density at radius 1 is 1.00 bits per heavy atom. The summed E-state index contributed by atoms with van der Waals surface area (Å²) in [6.07, 6.45) is 5.66. The fraction of sp³-hybridized carbons (Fsp3) is 0.417. The van der Waals surface area contributed by atoms with Crippen LogP contribution >= 0.6 is 0 Å². The van der Waals surface area contributed by atoms with E-state index in [0.29, 0.717) is 30.0 Å². The van der Waals surface area contributed by atoms with Crippen molar-refractivity contribution in [3.05, 3.63) is 65.2 Å². The summed E-state index contributed by atoms with van der Waals surface area (Å²) in [4.78, 5) is 26.0.